The van der Waals surface area contributed by atoms with Gasteiger partial charge in [0, 0.05) is 18.2 Å². The molecule has 2 heteroatoms. The number of rotatable bonds is 1. The molecule has 0 saturated heterocycles. The fraction of sp³-hybridized carbons (Fsp3) is 0.889. The summed E-state index contributed by atoms with van der Waals surface area (Å²) in [6, 6.07) is 0. The Morgan fingerprint density at radius 2 is 2.00 bits per heavy atom. The molecular weight excluding hydrogens is 154 g/mol. The first-order valence-electron chi connectivity index (χ1n) is 4.64. The van der Waals surface area contributed by atoms with Gasteiger partial charge in [-0.1, -0.05) is 19.3 Å². The van der Waals surface area contributed by atoms with E-state index in [0.29, 0.717) is 0 Å². The normalized spacial score (nSPS) is 27.1. The van der Waals surface area contributed by atoms with Crippen molar-refractivity contribution in [3.8, 4) is 0 Å². The van der Waals surface area contributed by atoms with E-state index >= 15 is 0 Å². The van der Waals surface area contributed by atoms with E-state index < -0.39 is 0 Å². The summed E-state index contributed by atoms with van der Waals surface area (Å²) in [6.07, 6.45) is 7.14. The van der Waals surface area contributed by atoms with Crippen LogP contribution in [0.2, 0.25) is 0 Å². The lowest BCUT2D eigenvalue weighted by atomic mass is 9.90. The quantitative estimate of drug-likeness (QED) is 0.588. The predicted octanol–water partition coefficient (Wildman–Crippen LogP) is 2.71. The molecule has 1 saturated carbocycles. The third-order valence-electron chi connectivity index (χ3n) is 2.56. The third-order valence-corrected chi connectivity index (χ3v) is 3.71. The minimum atomic E-state index is 0.858. The lowest BCUT2D eigenvalue weighted by Crippen LogP contribution is -2.13. The zero-order chi connectivity index (χ0) is 7.52. The van der Waals surface area contributed by atoms with Crippen LogP contribution in [-0.2, 0) is 0 Å². The molecule has 0 radical (unpaired) electrons. The number of hydrogen-bond acceptors (Lipinski definition) is 2. The van der Waals surface area contributed by atoms with Crippen molar-refractivity contribution < 1.29 is 0 Å². The van der Waals surface area contributed by atoms with Gasteiger partial charge < -0.3 is 0 Å². The Labute approximate surface area is 72.7 Å². The van der Waals surface area contributed by atoms with Gasteiger partial charge >= 0.3 is 0 Å². The van der Waals surface area contributed by atoms with Gasteiger partial charge in [0.05, 0.1) is 5.04 Å². The summed E-state index contributed by atoms with van der Waals surface area (Å²) in [5, 5.41) is 1.48. The van der Waals surface area contributed by atoms with Gasteiger partial charge in [-0.3, -0.25) is 4.99 Å². The van der Waals surface area contributed by atoms with E-state index in [1.807, 2.05) is 11.8 Å². The van der Waals surface area contributed by atoms with Gasteiger partial charge in [0.2, 0.25) is 0 Å². The Morgan fingerprint density at radius 3 is 2.64 bits per heavy atom. The highest BCUT2D eigenvalue weighted by atomic mass is 32.2. The molecule has 62 valence electrons. The smallest absolute Gasteiger partial charge is 0.0707 e. The van der Waals surface area contributed by atoms with Crippen LogP contribution in [0.25, 0.3) is 0 Å². The molecule has 0 amide bonds. The fourth-order valence-corrected chi connectivity index (χ4v) is 2.99. The van der Waals surface area contributed by atoms with Gasteiger partial charge in [-0.15, -0.1) is 11.8 Å². The summed E-state index contributed by atoms with van der Waals surface area (Å²) in [6.45, 7) is 1.08. The molecule has 0 spiro atoms. The standard InChI is InChI=1S/C9H15NS/c1-2-4-8(5-3-1)9-10-6-7-11-9/h8H,1-7H2. The van der Waals surface area contributed by atoms with Gasteiger partial charge in [-0.2, -0.15) is 0 Å². The SMILES string of the molecule is C1CCC(C2=NCCS2)CC1. The molecule has 0 atom stereocenters. The number of nitrogens with zero attached hydrogens (tertiary/aromatic N) is 1. The second kappa shape index (κ2) is 3.61. The lowest BCUT2D eigenvalue weighted by Gasteiger charge is -2.20. The maximum atomic E-state index is 4.54. The third kappa shape index (κ3) is 1.78. The van der Waals surface area contributed by atoms with Crippen molar-refractivity contribution >= 4 is 16.8 Å². The molecule has 1 aliphatic heterocycles. The number of thioether (sulfide) groups is 1. The van der Waals surface area contributed by atoms with E-state index in [1.54, 1.807) is 0 Å². The molecule has 0 bridgehead atoms. The topological polar surface area (TPSA) is 12.4 Å². The second-order valence-corrected chi connectivity index (χ2v) is 4.52. The molecule has 0 N–H and O–H groups in total. The van der Waals surface area contributed by atoms with Crippen LogP contribution >= 0.6 is 11.8 Å². The summed E-state index contributed by atoms with van der Waals surface area (Å²) in [4.78, 5) is 4.54. The Morgan fingerprint density at radius 1 is 1.18 bits per heavy atom. The van der Waals surface area contributed by atoms with E-state index in [2.05, 4.69) is 4.99 Å². The van der Waals surface area contributed by atoms with Crippen molar-refractivity contribution in [1.82, 2.24) is 0 Å². The average molecular weight is 169 g/mol. The van der Waals surface area contributed by atoms with E-state index in [-0.39, 0.29) is 0 Å². The summed E-state index contributed by atoms with van der Waals surface area (Å²) in [5.41, 5.74) is 0. The predicted molar refractivity (Wildman–Crippen MR) is 51.3 cm³/mol. The largest absolute Gasteiger partial charge is 0.282 e. The molecule has 0 aromatic carbocycles. The molecule has 0 aromatic rings. The van der Waals surface area contributed by atoms with Crippen molar-refractivity contribution in [3.63, 3.8) is 0 Å². The Hall–Kier alpha value is 0.0200. The van der Waals surface area contributed by atoms with Gasteiger partial charge in [-0.25, -0.2) is 0 Å². The molecule has 0 aromatic heterocycles. The van der Waals surface area contributed by atoms with Crippen molar-refractivity contribution in [2.45, 2.75) is 32.1 Å². The summed E-state index contributed by atoms with van der Waals surface area (Å²) in [5.74, 6) is 2.10. The van der Waals surface area contributed by atoms with E-state index in [1.165, 1.54) is 42.9 Å². The van der Waals surface area contributed by atoms with Crippen molar-refractivity contribution in [1.29, 1.82) is 0 Å². The van der Waals surface area contributed by atoms with Crippen LogP contribution < -0.4 is 0 Å². The van der Waals surface area contributed by atoms with Crippen LogP contribution in [-0.4, -0.2) is 17.3 Å². The highest BCUT2D eigenvalue weighted by Crippen LogP contribution is 2.30. The van der Waals surface area contributed by atoms with Crippen LogP contribution in [0.5, 0.6) is 0 Å². The van der Waals surface area contributed by atoms with E-state index in [9.17, 15) is 0 Å². The van der Waals surface area contributed by atoms with Crippen molar-refractivity contribution in [3.05, 3.63) is 0 Å². The molecule has 2 rings (SSSR count). The maximum absolute atomic E-state index is 4.54. The fourth-order valence-electron chi connectivity index (χ4n) is 1.95. The van der Waals surface area contributed by atoms with Crippen LogP contribution in [0.4, 0.5) is 0 Å². The number of hydrogen-bond donors (Lipinski definition) is 0. The van der Waals surface area contributed by atoms with Gasteiger partial charge in [0.1, 0.15) is 0 Å². The van der Waals surface area contributed by atoms with E-state index in [4.69, 9.17) is 0 Å². The maximum Gasteiger partial charge on any atom is 0.0707 e. The molecule has 2 aliphatic rings. The zero-order valence-corrected chi connectivity index (χ0v) is 7.70. The summed E-state index contributed by atoms with van der Waals surface area (Å²) >= 11 is 2.00. The van der Waals surface area contributed by atoms with Crippen LogP contribution in [0.3, 0.4) is 0 Å². The second-order valence-electron chi connectivity index (χ2n) is 3.40. The Bertz CT molecular complexity index is 159. The minimum Gasteiger partial charge on any atom is -0.282 e. The highest BCUT2D eigenvalue weighted by molar-refractivity contribution is 8.14. The van der Waals surface area contributed by atoms with Crippen LogP contribution in [0.1, 0.15) is 32.1 Å². The first kappa shape index (κ1) is 7.66. The molecule has 11 heavy (non-hydrogen) atoms. The number of aliphatic imine (C=N–C) groups is 1. The zero-order valence-electron chi connectivity index (χ0n) is 6.88. The monoisotopic (exact) mass is 169 g/mol. The molecule has 0 unspecified atom stereocenters. The molecule has 1 nitrogen and oxygen atoms in total. The Balaban J connectivity index is 1.92. The molecule has 1 fully saturated rings. The minimum absolute atomic E-state index is 0.858. The van der Waals surface area contributed by atoms with Crippen molar-refractivity contribution in [2.75, 3.05) is 12.3 Å². The molecular formula is C9H15NS. The lowest BCUT2D eigenvalue weighted by molar-refractivity contribution is 0.443. The Kier molecular flexibility index (Phi) is 2.52. The van der Waals surface area contributed by atoms with Gasteiger partial charge in [-0.05, 0) is 12.8 Å². The molecule has 1 aliphatic carbocycles. The van der Waals surface area contributed by atoms with Crippen LogP contribution in [0.15, 0.2) is 4.99 Å². The first-order valence-corrected chi connectivity index (χ1v) is 5.62. The van der Waals surface area contributed by atoms with Crippen LogP contribution in [0, 0.1) is 5.92 Å². The highest BCUT2D eigenvalue weighted by Gasteiger charge is 2.21. The van der Waals surface area contributed by atoms with Crippen molar-refractivity contribution in [2.24, 2.45) is 10.9 Å². The average Bonchev–Trinajstić information content (AvgIpc) is 2.58. The van der Waals surface area contributed by atoms with Gasteiger partial charge in [0.25, 0.3) is 0 Å². The van der Waals surface area contributed by atoms with Gasteiger partial charge in [0.15, 0.2) is 0 Å². The first-order chi connectivity index (χ1) is 5.47. The summed E-state index contributed by atoms with van der Waals surface area (Å²) < 4.78 is 0. The molecule has 1 heterocycles. The van der Waals surface area contributed by atoms with E-state index in [0.717, 1.165) is 12.5 Å². The summed E-state index contributed by atoms with van der Waals surface area (Å²) in [7, 11) is 0.